The molecule has 1 aliphatic rings. The lowest BCUT2D eigenvalue weighted by molar-refractivity contribution is 0.0269. The maximum atomic E-state index is 11.7. The van der Waals surface area contributed by atoms with Gasteiger partial charge in [0.15, 0.2) is 5.78 Å². The molecule has 0 bridgehead atoms. The summed E-state index contributed by atoms with van der Waals surface area (Å²) in [6.07, 6.45) is 3.12. The van der Waals surface area contributed by atoms with Crippen LogP contribution >= 0.6 is 0 Å². The number of aromatic nitrogens is 1. The van der Waals surface area contributed by atoms with Gasteiger partial charge in [-0.25, -0.2) is 0 Å². The molecule has 0 radical (unpaired) electrons. The molecule has 2 N–H and O–H groups in total. The van der Waals surface area contributed by atoms with Crippen molar-refractivity contribution in [2.45, 2.75) is 6.10 Å². The number of morpholine rings is 1. The number of ketones is 1. The van der Waals surface area contributed by atoms with Gasteiger partial charge in [0, 0.05) is 31.0 Å². The molecular formula is C9H12N2O2. The smallest absolute Gasteiger partial charge is 0.194 e. The zero-order valence-corrected chi connectivity index (χ0v) is 7.25. The molecule has 13 heavy (non-hydrogen) atoms. The minimum absolute atomic E-state index is 0.0495. The number of ether oxygens (including phenoxy) is 1. The number of Topliss-reactive ketones (excluding diaryl/α,β-unsaturated/α-hetero) is 1. The fourth-order valence-electron chi connectivity index (χ4n) is 1.40. The number of rotatable bonds is 2. The van der Waals surface area contributed by atoms with E-state index in [9.17, 15) is 4.79 Å². The van der Waals surface area contributed by atoms with Crippen LogP contribution in [-0.4, -0.2) is 36.6 Å². The van der Waals surface area contributed by atoms with Gasteiger partial charge in [-0.15, -0.1) is 0 Å². The first-order valence-corrected chi connectivity index (χ1v) is 4.37. The van der Waals surface area contributed by atoms with Crippen molar-refractivity contribution in [3.63, 3.8) is 0 Å². The highest BCUT2D eigenvalue weighted by molar-refractivity contribution is 5.99. The molecule has 1 saturated heterocycles. The lowest BCUT2D eigenvalue weighted by Gasteiger charge is -2.21. The first-order valence-electron chi connectivity index (χ1n) is 4.37. The molecule has 2 rings (SSSR count). The average molecular weight is 180 g/mol. The largest absolute Gasteiger partial charge is 0.367 e. The van der Waals surface area contributed by atoms with E-state index >= 15 is 0 Å². The molecule has 1 aromatic rings. The van der Waals surface area contributed by atoms with Crippen molar-refractivity contribution >= 4 is 5.78 Å². The van der Waals surface area contributed by atoms with Gasteiger partial charge in [0.1, 0.15) is 6.10 Å². The molecule has 0 saturated carbocycles. The number of hydrogen-bond acceptors (Lipinski definition) is 3. The maximum Gasteiger partial charge on any atom is 0.194 e. The Hall–Kier alpha value is -1.13. The monoisotopic (exact) mass is 180 g/mol. The molecule has 1 aromatic heterocycles. The van der Waals surface area contributed by atoms with Crippen molar-refractivity contribution < 1.29 is 9.53 Å². The van der Waals surface area contributed by atoms with Gasteiger partial charge < -0.3 is 15.0 Å². The first kappa shape index (κ1) is 8.47. The summed E-state index contributed by atoms with van der Waals surface area (Å²) < 4.78 is 5.34. The molecule has 4 nitrogen and oxygen atoms in total. The number of nitrogens with one attached hydrogen (secondary N) is 2. The Kier molecular flexibility index (Phi) is 2.42. The van der Waals surface area contributed by atoms with Crippen LogP contribution in [0.25, 0.3) is 0 Å². The van der Waals surface area contributed by atoms with Crippen molar-refractivity contribution in [1.29, 1.82) is 0 Å². The van der Waals surface area contributed by atoms with Crippen molar-refractivity contribution in [3.05, 3.63) is 24.0 Å². The third-order valence-electron chi connectivity index (χ3n) is 2.10. The summed E-state index contributed by atoms with van der Waals surface area (Å²) in [4.78, 5) is 14.5. The Balaban J connectivity index is 2.04. The molecule has 0 amide bonds. The second-order valence-corrected chi connectivity index (χ2v) is 3.03. The van der Waals surface area contributed by atoms with E-state index in [4.69, 9.17) is 4.74 Å². The van der Waals surface area contributed by atoms with Gasteiger partial charge in [-0.05, 0) is 6.07 Å². The zero-order valence-electron chi connectivity index (χ0n) is 7.25. The molecule has 0 aliphatic carbocycles. The predicted octanol–water partition coefficient (Wildman–Crippen LogP) is 0.186. The summed E-state index contributed by atoms with van der Waals surface area (Å²) in [6, 6.07) is 1.76. The van der Waals surface area contributed by atoms with Gasteiger partial charge in [-0.3, -0.25) is 4.79 Å². The molecule has 0 aromatic carbocycles. The molecule has 1 aliphatic heterocycles. The molecular weight excluding hydrogens is 168 g/mol. The second-order valence-electron chi connectivity index (χ2n) is 3.03. The summed E-state index contributed by atoms with van der Waals surface area (Å²) in [7, 11) is 0. The van der Waals surface area contributed by atoms with Gasteiger partial charge in [-0.2, -0.15) is 0 Å². The number of aromatic amines is 1. The first-order chi connectivity index (χ1) is 6.38. The number of hydrogen-bond donors (Lipinski definition) is 2. The van der Waals surface area contributed by atoms with Crippen LogP contribution in [0.5, 0.6) is 0 Å². The van der Waals surface area contributed by atoms with Crippen molar-refractivity contribution in [2.75, 3.05) is 19.7 Å². The quantitative estimate of drug-likeness (QED) is 0.639. The minimum atomic E-state index is -0.315. The molecule has 70 valence electrons. The van der Waals surface area contributed by atoms with Crippen LogP contribution < -0.4 is 5.32 Å². The minimum Gasteiger partial charge on any atom is -0.367 e. The number of carbonyl (C=O) groups is 1. The van der Waals surface area contributed by atoms with Gasteiger partial charge in [-0.1, -0.05) is 0 Å². The summed E-state index contributed by atoms with van der Waals surface area (Å²) in [6.45, 7) is 2.06. The van der Waals surface area contributed by atoms with Gasteiger partial charge in [0.05, 0.1) is 6.61 Å². The number of carbonyl (C=O) groups excluding carboxylic acids is 1. The zero-order chi connectivity index (χ0) is 9.10. The number of H-pyrrole nitrogens is 1. The van der Waals surface area contributed by atoms with E-state index in [0.717, 1.165) is 6.54 Å². The lowest BCUT2D eigenvalue weighted by atomic mass is 10.1. The van der Waals surface area contributed by atoms with Crippen molar-refractivity contribution in [1.82, 2.24) is 10.3 Å². The maximum absolute atomic E-state index is 11.7. The second kappa shape index (κ2) is 3.72. The molecule has 1 fully saturated rings. The fourth-order valence-corrected chi connectivity index (χ4v) is 1.40. The highest BCUT2D eigenvalue weighted by Gasteiger charge is 2.22. The van der Waals surface area contributed by atoms with E-state index in [1.165, 1.54) is 0 Å². The Morgan fingerprint density at radius 2 is 2.54 bits per heavy atom. The highest BCUT2D eigenvalue weighted by Crippen LogP contribution is 2.06. The van der Waals surface area contributed by atoms with E-state index in [1.54, 1.807) is 18.5 Å². The fraction of sp³-hybridized carbons (Fsp3) is 0.444. The standard InChI is InChI=1S/C9H12N2O2/c12-9(7-1-2-10-5-7)8-6-11-3-4-13-8/h1-2,5,8,10-11H,3-4,6H2. The van der Waals surface area contributed by atoms with Crippen molar-refractivity contribution in [2.24, 2.45) is 0 Å². The highest BCUT2D eigenvalue weighted by atomic mass is 16.5. The summed E-state index contributed by atoms with van der Waals surface area (Å²) in [5.74, 6) is 0.0495. The molecule has 1 unspecified atom stereocenters. The average Bonchev–Trinajstić information content (AvgIpc) is 2.71. The van der Waals surface area contributed by atoms with Crippen LogP contribution in [-0.2, 0) is 4.74 Å². The van der Waals surface area contributed by atoms with Crippen LogP contribution in [0.1, 0.15) is 10.4 Å². The van der Waals surface area contributed by atoms with Crippen LogP contribution in [0, 0.1) is 0 Å². The normalized spacial score (nSPS) is 22.9. The Morgan fingerprint density at radius 1 is 1.62 bits per heavy atom. The summed E-state index contributed by atoms with van der Waals surface area (Å²) >= 11 is 0. The van der Waals surface area contributed by atoms with Crippen molar-refractivity contribution in [3.8, 4) is 0 Å². The lowest BCUT2D eigenvalue weighted by Crippen LogP contribution is -2.43. The van der Waals surface area contributed by atoms with Crippen LogP contribution in [0.4, 0.5) is 0 Å². The van der Waals surface area contributed by atoms with E-state index in [-0.39, 0.29) is 11.9 Å². The Labute approximate surface area is 76.3 Å². The van der Waals surface area contributed by atoms with Gasteiger partial charge in [0.25, 0.3) is 0 Å². The molecule has 4 heteroatoms. The SMILES string of the molecule is O=C(c1cc[nH]c1)C1CNCCO1. The van der Waals surface area contributed by atoms with Crippen LogP contribution in [0.2, 0.25) is 0 Å². The van der Waals surface area contributed by atoms with E-state index < -0.39 is 0 Å². The van der Waals surface area contributed by atoms with Crippen LogP contribution in [0.15, 0.2) is 18.5 Å². The molecule has 0 spiro atoms. The van der Waals surface area contributed by atoms with E-state index in [1.807, 2.05) is 0 Å². The summed E-state index contributed by atoms with van der Waals surface area (Å²) in [5, 5.41) is 3.12. The molecule has 2 heterocycles. The van der Waals surface area contributed by atoms with E-state index in [0.29, 0.717) is 18.7 Å². The third-order valence-corrected chi connectivity index (χ3v) is 2.10. The van der Waals surface area contributed by atoms with Gasteiger partial charge in [0.2, 0.25) is 0 Å². The Bertz CT molecular complexity index is 276. The summed E-state index contributed by atoms with van der Waals surface area (Å²) in [5.41, 5.74) is 0.689. The Morgan fingerprint density at radius 3 is 3.15 bits per heavy atom. The topological polar surface area (TPSA) is 54.1 Å². The molecule has 1 atom stereocenters. The van der Waals surface area contributed by atoms with E-state index in [2.05, 4.69) is 10.3 Å². The predicted molar refractivity (Wildman–Crippen MR) is 47.7 cm³/mol. The van der Waals surface area contributed by atoms with Crippen LogP contribution in [0.3, 0.4) is 0 Å². The third kappa shape index (κ3) is 1.79. The van der Waals surface area contributed by atoms with Gasteiger partial charge >= 0.3 is 0 Å².